The van der Waals surface area contributed by atoms with Crippen molar-refractivity contribution < 1.29 is 13.0 Å². The summed E-state index contributed by atoms with van der Waals surface area (Å²) in [5.41, 5.74) is 2.05. The van der Waals surface area contributed by atoms with E-state index in [0.29, 0.717) is 11.3 Å². The van der Waals surface area contributed by atoms with Crippen LogP contribution >= 0.6 is 23.1 Å². The lowest BCUT2D eigenvalue weighted by molar-refractivity contribution is 0.483. The highest BCUT2D eigenvalue weighted by Crippen LogP contribution is 2.25. The van der Waals surface area contributed by atoms with Gasteiger partial charge in [0.25, 0.3) is 10.1 Å². The van der Waals surface area contributed by atoms with Gasteiger partial charge in [-0.05, 0) is 50.1 Å². The normalized spacial score (nSPS) is 13.4. The molecule has 0 amide bonds. The summed E-state index contributed by atoms with van der Waals surface area (Å²) in [5.74, 6) is 0. The van der Waals surface area contributed by atoms with Crippen molar-refractivity contribution in [3.8, 4) is 0 Å². The van der Waals surface area contributed by atoms with E-state index in [1.165, 1.54) is 29.0 Å². The first kappa shape index (κ1) is 20.8. The quantitative estimate of drug-likeness (QED) is 0.207. The number of hydrogen-bond acceptors (Lipinski definition) is 6. The second kappa shape index (κ2) is 8.60. The summed E-state index contributed by atoms with van der Waals surface area (Å²) in [6.07, 6.45) is 0.756. The van der Waals surface area contributed by atoms with Crippen LogP contribution in [0.2, 0.25) is 0 Å². The maximum absolute atomic E-state index is 11.4. The van der Waals surface area contributed by atoms with Gasteiger partial charge in [-0.2, -0.15) is 8.42 Å². The minimum atomic E-state index is -4.24. The topological polar surface area (TPSA) is 84.0 Å². The monoisotopic (exact) mass is 435 g/mol. The first-order chi connectivity index (χ1) is 13.3. The van der Waals surface area contributed by atoms with E-state index < -0.39 is 10.1 Å². The van der Waals surface area contributed by atoms with Crippen molar-refractivity contribution in [1.29, 1.82) is 0 Å². The van der Waals surface area contributed by atoms with Crippen LogP contribution in [-0.4, -0.2) is 22.6 Å². The molecule has 0 fully saturated rings. The molecule has 3 aromatic rings. The summed E-state index contributed by atoms with van der Waals surface area (Å²) >= 11 is 2.95. The average molecular weight is 436 g/mol. The number of thioether (sulfide) groups is 1. The smallest absolute Gasteiger partial charge is 0.294 e. The Kier molecular flexibility index (Phi) is 6.39. The Labute approximate surface area is 172 Å². The van der Waals surface area contributed by atoms with Gasteiger partial charge in [0, 0.05) is 11.4 Å². The van der Waals surface area contributed by atoms with E-state index in [9.17, 15) is 13.0 Å². The summed E-state index contributed by atoms with van der Waals surface area (Å²) in [6, 6.07) is 12.7. The standard InChI is InChI=1S/C19H21N3O3S3/c1-4-18(26-16-9-7-6-8-13(16)3)20-21-19-22(5-2)15-11-10-14(28(23,24)25)12-17(15)27-19/h6-12H,4-5H2,1-3H3,(H,23,24,25)/b20-18-,21-19-. The molecule has 2 aromatic carbocycles. The second-order valence-electron chi connectivity index (χ2n) is 6.05. The predicted molar refractivity (Wildman–Crippen MR) is 116 cm³/mol. The molecule has 148 valence electrons. The number of rotatable bonds is 5. The molecule has 6 nitrogen and oxygen atoms in total. The molecular formula is C19H21N3O3S3. The minimum absolute atomic E-state index is 0.121. The Morgan fingerprint density at radius 1 is 1.21 bits per heavy atom. The van der Waals surface area contributed by atoms with Crippen LogP contribution in [0.4, 0.5) is 0 Å². The summed E-state index contributed by atoms with van der Waals surface area (Å²) < 4.78 is 34.8. The fourth-order valence-corrected chi connectivity index (χ4v) is 5.18. The molecule has 28 heavy (non-hydrogen) atoms. The van der Waals surface area contributed by atoms with E-state index >= 15 is 0 Å². The van der Waals surface area contributed by atoms with Gasteiger partial charge in [-0.3, -0.25) is 4.55 Å². The van der Waals surface area contributed by atoms with E-state index in [4.69, 9.17) is 0 Å². The van der Waals surface area contributed by atoms with Crippen molar-refractivity contribution >= 4 is 48.5 Å². The van der Waals surface area contributed by atoms with Gasteiger partial charge in [0.1, 0.15) is 5.04 Å². The van der Waals surface area contributed by atoms with Crippen LogP contribution < -0.4 is 4.80 Å². The summed E-state index contributed by atoms with van der Waals surface area (Å²) in [7, 11) is -4.24. The first-order valence-corrected chi connectivity index (χ1v) is 11.9. The van der Waals surface area contributed by atoms with Crippen LogP contribution in [-0.2, 0) is 16.7 Å². The van der Waals surface area contributed by atoms with Gasteiger partial charge in [0.05, 0.1) is 15.1 Å². The van der Waals surface area contributed by atoms with Gasteiger partial charge >= 0.3 is 0 Å². The molecule has 0 aliphatic heterocycles. The Balaban J connectivity index is 2.04. The SMILES string of the molecule is CC/C(=N/N=c1\sc2cc(S(=O)(=O)O)ccc2n1CC)Sc1ccccc1C. The van der Waals surface area contributed by atoms with E-state index in [1.807, 2.05) is 30.5 Å². The van der Waals surface area contributed by atoms with Gasteiger partial charge in [0.15, 0.2) is 0 Å². The molecule has 0 saturated carbocycles. The van der Waals surface area contributed by atoms with Gasteiger partial charge in [-0.1, -0.05) is 48.2 Å². The van der Waals surface area contributed by atoms with Crippen molar-refractivity contribution in [2.24, 2.45) is 10.2 Å². The Bertz CT molecular complexity index is 1210. The fourth-order valence-electron chi connectivity index (χ4n) is 2.66. The van der Waals surface area contributed by atoms with Gasteiger partial charge in [-0.15, -0.1) is 10.2 Å². The number of aromatic nitrogens is 1. The van der Waals surface area contributed by atoms with E-state index in [0.717, 1.165) is 26.6 Å². The molecule has 0 bridgehead atoms. The van der Waals surface area contributed by atoms with Crippen molar-refractivity contribution in [2.45, 2.75) is 43.5 Å². The van der Waals surface area contributed by atoms with Crippen molar-refractivity contribution in [1.82, 2.24) is 4.57 Å². The number of hydrogen-bond donors (Lipinski definition) is 1. The molecule has 9 heteroatoms. The molecule has 1 heterocycles. The average Bonchev–Trinajstić information content (AvgIpc) is 3.02. The molecular weight excluding hydrogens is 414 g/mol. The fraction of sp³-hybridized carbons (Fsp3) is 0.263. The zero-order chi connectivity index (χ0) is 20.3. The summed E-state index contributed by atoms with van der Waals surface area (Å²) in [6.45, 7) is 6.77. The van der Waals surface area contributed by atoms with E-state index in [-0.39, 0.29) is 4.90 Å². The predicted octanol–water partition coefficient (Wildman–Crippen LogP) is 4.69. The van der Waals surface area contributed by atoms with Crippen molar-refractivity contribution in [2.75, 3.05) is 0 Å². The number of thiazole rings is 1. The van der Waals surface area contributed by atoms with E-state index in [1.54, 1.807) is 17.8 Å². The third-order valence-corrected chi connectivity index (χ3v) is 7.30. The Hall–Kier alpha value is -1.94. The third-order valence-electron chi connectivity index (χ3n) is 4.14. The van der Waals surface area contributed by atoms with Crippen LogP contribution in [0.15, 0.2) is 62.5 Å². The summed E-state index contributed by atoms with van der Waals surface area (Å²) in [5, 5.41) is 9.79. The highest BCUT2D eigenvalue weighted by molar-refractivity contribution is 8.14. The van der Waals surface area contributed by atoms with Crippen LogP contribution in [0.25, 0.3) is 10.2 Å². The third kappa shape index (κ3) is 4.54. The van der Waals surface area contributed by atoms with Crippen LogP contribution in [0, 0.1) is 6.92 Å². The molecule has 3 rings (SSSR count). The van der Waals surface area contributed by atoms with Gasteiger partial charge in [0.2, 0.25) is 4.80 Å². The lowest BCUT2D eigenvalue weighted by Gasteiger charge is -2.05. The zero-order valence-corrected chi connectivity index (χ0v) is 18.2. The van der Waals surface area contributed by atoms with Gasteiger partial charge in [-0.25, -0.2) is 0 Å². The molecule has 0 unspecified atom stereocenters. The molecule has 0 atom stereocenters. The van der Waals surface area contributed by atoms with Crippen LogP contribution in [0.5, 0.6) is 0 Å². The van der Waals surface area contributed by atoms with Crippen LogP contribution in [0.1, 0.15) is 25.8 Å². The number of benzene rings is 2. The molecule has 1 aromatic heterocycles. The van der Waals surface area contributed by atoms with E-state index in [2.05, 4.69) is 29.3 Å². The largest absolute Gasteiger partial charge is 0.315 e. The number of aryl methyl sites for hydroxylation is 2. The maximum atomic E-state index is 11.4. The van der Waals surface area contributed by atoms with Crippen molar-refractivity contribution in [3.63, 3.8) is 0 Å². The highest BCUT2D eigenvalue weighted by atomic mass is 32.2. The van der Waals surface area contributed by atoms with Gasteiger partial charge < -0.3 is 4.57 Å². The first-order valence-electron chi connectivity index (χ1n) is 8.78. The Morgan fingerprint density at radius 3 is 2.61 bits per heavy atom. The molecule has 0 saturated heterocycles. The zero-order valence-electron chi connectivity index (χ0n) is 15.8. The molecule has 0 aliphatic rings. The second-order valence-corrected chi connectivity index (χ2v) is 9.59. The lowest BCUT2D eigenvalue weighted by atomic mass is 10.2. The lowest BCUT2D eigenvalue weighted by Crippen LogP contribution is -2.12. The molecule has 0 radical (unpaired) electrons. The molecule has 0 aliphatic carbocycles. The summed E-state index contributed by atoms with van der Waals surface area (Å²) in [4.78, 5) is 1.71. The molecule has 1 N–H and O–H groups in total. The van der Waals surface area contributed by atoms with Crippen molar-refractivity contribution in [3.05, 3.63) is 52.8 Å². The Morgan fingerprint density at radius 2 is 1.96 bits per heavy atom. The number of nitrogens with zero attached hydrogens (tertiary/aromatic N) is 3. The number of fused-ring (bicyclic) bond motifs is 1. The maximum Gasteiger partial charge on any atom is 0.294 e. The highest BCUT2D eigenvalue weighted by Gasteiger charge is 2.13. The minimum Gasteiger partial charge on any atom is -0.315 e. The van der Waals surface area contributed by atoms with Crippen LogP contribution in [0.3, 0.4) is 0 Å². The molecule has 0 spiro atoms.